The van der Waals surface area contributed by atoms with E-state index in [1.165, 1.54) is 32.8 Å². The molecule has 3 nitrogen and oxygen atoms in total. The smallest absolute Gasteiger partial charge is 0.309 e. The lowest BCUT2D eigenvalue weighted by molar-refractivity contribution is -0.157. The molecule has 4 saturated carbocycles. The Hall–Kier alpha value is -0.860. The number of hydrogen-bond donors (Lipinski definition) is 0. The summed E-state index contributed by atoms with van der Waals surface area (Å²) < 4.78 is 5.13. The van der Waals surface area contributed by atoms with Gasteiger partial charge in [0.2, 0.25) is 0 Å². The Kier molecular flexibility index (Phi) is 3.85. The van der Waals surface area contributed by atoms with Crippen molar-refractivity contribution in [3.05, 3.63) is 0 Å². The average Bonchev–Trinajstić information content (AvgIpc) is 2.92. The number of esters is 1. The second kappa shape index (κ2) is 5.57. The topological polar surface area (TPSA) is 43.4 Å². The monoisotopic (exact) mass is 332 g/mol. The molecule has 7 unspecified atom stereocenters. The molecule has 0 spiro atoms. The Balaban J connectivity index is 1.61. The van der Waals surface area contributed by atoms with Crippen molar-refractivity contribution in [2.24, 2.45) is 40.4 Å². The van der Waals surface area contributed by atoms with E-state index in [9.17, 15) is 9.59 Å². The number of rotatable bonds is 1. The molecule has 24 heavy (non-hydrogen) atoms. The number of carbonyl (C=O) groups is 2. The zero-order chi connectivity index (χ0) is 17.1. The third kappa shape index (κ3) is 2.15. The number of hydrogen-bond acceptors (Lipinski definition) is 3. The second-order valence-electron chi connectivity index (χ2n) is 9.60. The molecular formula is C21H32O3. The SMILES string of the molecule is COC(=O)C1CCC2C3CCC4CC(=O)CCC4(C)C3CCC12C. The highest BCUT2D eigenvalue weighted by atomic mass is 16.5. The van der Waals surface area contributed by atoms with Gasteiger partial charge in [-0.3, -0.25) is 9.59 Å². The van der Waals surface area contributed by atoms with Gasteiger partial charge >= 0.3 is 5.97 Å². The van der Waals surface area contributed by atoms with Crippen molar-refractivity contribution in [3.63, 3.8) is 0 Å². The van der Waals surface area contributed by atoms with Gasteiger partial charge in [0.1, 0.15) is 5.78 Å². The number of ketones is 1. The van der Waals surface area contributed by atoms with Crippen molar-refractivity contribution in [1.82, 2.24) is 0 Å². The number of methoxy groups -OCH3 is 1. The molecule has 0 aromatic rings. The molecule has 7 atom stereocenters. The van der Waals surface area contributed by atoms with Gasteiger partial charge < -0.3 is 4.74 Å². The summed E-state index contributed by atoms with van der Waals surface area (Å²) in [4.78, 5) is 24.3. The van der Waals surface area contributed by atoms with Crippen LogP contribution in [0.1, 0.15) is 71.6 Å². The van der Waals surface area contributed by atoms with Crippen LogP contribution in [0.3, 0.4) is 0 Å². The van der Waals surface area contributed by atoms with Crippen molar-refractivity contribution < 1.29 is 14.3 Å². The Morgan fingerprint density at radius 3 is 2.50 bits per heavy atom. The predicted molar refractivity (Wildman–Crippen MR) is 92.2 cm³/mol. The van der Waals surface area contributed by atoms with E-state index in [4.69, 9.17) is 4.74 Å². The first kappa shape index (κ1) is 16.6. The molecular weight excluding hydrogens is 300 g/mol. The molecule has 0 N–H and O–H groups in total. The molecule has 4 fully saturated rings. The molecule has 0 saturated heterocycles. The maximum atomic E-state index is 12.3. The summed E-state index contributed by atoms with van der Waals surface area (Å²) in [5, 5.41) is 0. The van der Waals surface area contributed by atoms with E-state index in [1.807, 2.05) is 0 Å². The Bertz CT molecular complexity index is 555. The van der Waals surface area contributed by atoms with Gasteiger partial charge in [0, 0.05) is 12.8 Å². The van der Waals surface area contributed by atoms with Crippen LogP contribution in [-0.2, 0) is 14.3 Å². The Labute approximate surface area is 145 Å². The first-order valence-corrected chi connectivity index (χ1v) is 9.99. The van der Waals surface area contributed by atoms with Crippen LogP contribution >= 0.6 is 0 Å². The maximum Gasteiger partial charge on any atom is 0.309 e. The molecule has 0 aliphatic heterocycles. The summed E-state index contributed by atoms with van der Waals surface area (Å²) in [6.07, 6.45) is 9.82. The van der Waals surface area contributed by atoms with Gasteiger partial charge in [0.05, 0.1) is 13.0 Å². The molecule has 0 radical (unpaired) electrons. The van der Waals surface area contributed by atoms with Gasteiger partial charge in [0.15, 0.2) is 0 Å². The highest BCUT2D eigenvalue weighted by Gasteiger charge is 2.61. The predicted octanol–water partition coefficient (Wildman–Crippen LogP) is 4.39. The van der Waals surface area contributed by atoms with E-state index >= 15 is 0 Å². The largest absolute Gasteiger partial charge is 0.469 e. The Morgan fingerprint density at radius 2 is 1.75 bits per heavy atom. The third-order valence-corrected chi connectivity index (χ3v) is 8.97. The van der Waals surface area contributed by atoms with Crippen LogP contribution in [0.5, 0.6) is 0 Å². The summed E-state index contributed by atoms with van der Waals surface area (Å²) in [6, 6.07) is 0. The van der Waals surface area contributed by atoms with Gasteiger partial charge in [-0.15, -0.1) is 0 Å². The zero-order valence-corrected chi connectivity index (χ0v) is 15.5. The van der Waals surface area contributed by atoms with Gasteiger partial charge in [-0.1, -0.05) is 13.8 Å². The summed E-state index contributed by atoms with van der Waals surface area (Å²) in [6.45, 7) is 4.84. The number of fused-ring (bicyclic) bond motifs is 5. The lowest BCUT2D eigenvalue weighted by Crippen LogP contribution is -2.54. The van der Waals surface area contributed by atoms with Gasteiger partial charge in [-0.25, -0.2) is 0 Å². The molecule has 134 valence electrons. The van der Waals surface area contributed by atoms with Crippen molar-refractivity contribution >= 4 is 11.8 Å². The number of carbonyl (C=O) groups excluding carboxylic acids is 2. The molecule has 0 aromatic carbocycles. The van der Waals surface area contributed by atoms with E-state index in [-0.39, 0.29) is 17.3 Å². The first-order chi connectivity index (χ1) is 11.4. The molecule has 0 heterocycles. The van der Waals surface area contributed by atoms with Crippen LogP contribution in [0, 0.1) is 40.4 Å². The van der Waals surface area contributed by atoms with Gasteiger partial charge in [-0.2, -0.15) is 0 Å². The van der Waals surface area contributed by atoms with Crippen LogP contribution in [0.15, 0.2) is 0 Å². The maximum absolute atomic E-state index is 12.3. The highest BCUT2D eigenvalue weighted by molar-refractivity contribution is 5.79. The molecule has 0 aromatic heterocycles. The van der Waals surface area contributed by atoms with Crippen LogP contribution in [0.25, 0.3) is 0 Å². The van der Waals surface area contributed by atoms with E-state index in [2.05, 4.69) is 13.8 Å². The first-order valence-electron chi connectivity index (χ1n) is 9.99. The van der Waals surface area contributed by atoms with Crippen molar-refractivity contribution in [1.29, 1.82) is 0 Å². The summed E-state index contributed by atoms with van der Waals surface area (Å²) >= 11 is 0. The summed E-state index contributed by atoms with van der Waals surface area (Å²) in [5.41, 5.74) is 0.503. The molecule has 4 aliphatic carbocycles. The van der Waals surface area contributed by atoms with Gasteiger partial charge in [-0.05, 0) is 79.4 Å². The number of ether oxygens (including phenoxy) is 1. The van der Waals surface area contributed by atoms with Crippen LogP contribution in [0.4, 0.5) is 0 Å². The average molecular weight is 332 g/mol. The lowest BCUT2D eigenvalue weighted by atomic mass is 9.45. The fourth-order valence-corrected chi connectivity index (χ4v) is 7.57. The molecule has 3 heteroatoms. The quantitative estimate of drug-likeness (QED) is 0.669. The summed E-state index contributed by atoms with van der Waals surface area (Å²) in [7, 11) is 1.54. The highest BCUT2D eigenvalue weighted by Crippen LogP contribution is 2.67. The molecule has 0 amide bonds. The molecule has 0 bridgehead atoms. The third-order valence-electron chi connectivity index (χ3n) is 8.97. The zero-order valence-electron chi connectivity index (χ0n) is 15.5. The second-order valence-corrected chi connectivity index (χ2v) is 9.60. The van der Waals surface area contributed by atoms with E-state index < -0.39 is 0 Å². The molecule has 4 aliphatic rings. The van der Waals surface area contributed by atoms with Gasteiger partial charge in [0.25, 0.3) is 0 Å². The lowest BCUT2D eigenvalue weighted by Gasteiger charge is -2.60. The minimum atomic E-state index is 0.0154. The minimum absolute atomic E-state index is 0.0154. The number of Topliss-reactive ketones (excluding diaryl/α,β-unsaturated/α-hetero) is 1. The van der Waals surface area contributed by atoms with Crippen LogP contribution in [0.2, 0.25) is 0 Å². The van der Waals surface area contributed by atoms with E-state index in [0.717, 1.165) is 43.9 Å². The van der Waals surface area contributed by atoms with Crippen LogP contribution in [-0.4, -0.2) is 18.9 Å². The normalized spacial score (nSPS) is 50.6. The molecule has 4 rings (SSSR count). The Morgan fingerprint density at radius 1 is 1.00 bits per heavy atom. The van der Waals surface area contributed by atoms with Crippen LogP contribution < -0.4 is 0 Å². The fourth-order valence-electron chi connectivity index (χ4n) is 7.57. The summed E-state index contributed by atoms with van der Waals surface area (Å²) in [5.74, 6) is 3.42. The van der Waals surface area contributed by atoms with Crippen molar-refractivity contribution in [3.8, 4) is 0 Å². The fraction of sp³-hybridized carbons (Fsp3) is 0.905. The van der Waals surface area contributed by atoms with Crippen molar-refractivity contribution in [2.75, 3.05) is 7.11 Å². The van der Waals surface area contributed by atoms with E-state index in [0.29, 0.717) is 23.0 Å². The van der Waals surface area contributed by atoms with E-state index in [1.54, 1.807) is 0 Å². The minimum Gasteiger partial charge on any atom is -0.469 e. The van der Waals surface area contributed by atoms with Crippen molar-refractivity contribution in [2.45, 2.75) is 71.6 Å². The standard InChI is InChI=1S/C21H32O3/c1-20-10-8-14(22)12-13(20)4-5-15-16-6-7-18(19(23)24-3)21(16,2)11-9-17(15)20/h13,15-18H,4-12H2,1-3H3.